The minimum Gasteiger partial charge on any atom is -0.481 e. The van der Waals surface area contributed by atoms with E-state index in [0.717, 1.165) is 12.1 Å². The Bertz CT molecular complexity index is 506. The molecule has 1 rings (SSSR count). The lowest BCUT2D eigenvalue weighted by molar-refractivity contribution is -0.141. The number of carboxylic acid groups (broad SMARTS) is 1. The molecule has 1 atom stereocenters. The van der Waals surface area contributed by atoms with E-state index in [1.807, 2.05) is 0 Å². The van der Waals surface area contributed by atoms with Gasteiger partial charge in [0.2, 0.25) is 0 Å². The zero-order valence-corrected chi connectivity index (χ0v) is 11.0. The molecule has 0 bridgehead atoms. The number of carbonyl (C=O) groups is 1. The van der Waals surface area contributed by atoms with Crippen molar-refractivity contribution >= 4 is 5.97 Å². The van der Waals surface area contributed by atoms with E-state index in [0.29, 0.717) is 6.07 Å². The van der Waals surface area contributed by atoms with Crippen molar-refractivity contribution in [1.82, 2.24) is 0 Å². The lowest BCUT2D eigenvalue weighted by atomic mass is 9.78. The van der Waals surface area contributed by atoms with Gasteiger partial charge in [-0.1, -0.05) is 6.07 Å². The number of halogens is 4. The Morgan fingerprint density at radius 3 is 2.30 bits per heavy atom. The average Bonchev–Trinajstić information content (AvgIpc) is 2.23. The van der Waals surface area contributed by atoms with Gasteiger partial charge in [-0.05, 0) is 31.5 Å². The molecule has 0 aliphatic heterocycles. The van der Waals surface area contributed by atoms with E-state index in [1.165, 1.54) is 13.8 Å². The fourth-order valence-electron chi connectivity index (χ4n) is 2.03. The fourth-order valence-corrected chi connectivity index (χ4v) is 2.03. The Balaban J connectivity index is 3.44. The van der Waals surface area contributed by atoms with Crippen LogP contribution in [0.2, 0.25) is 0 Å². The molecule has 0 spiro atoms. The van der Waals surface area contributed by atoms with Crippen LogP contribution in [0.5, 0.6) is 0 Å². The van der Waals surface area contributed by atoms with Crippen LogP contribution < -0.4 is 5.73 Å². The third-order valence-electron chi connectivity index (χ3n) is 2.97. The van der Waals surface area contributed by atoms with Crippen LogP contribution in [0.15, 0.2) is 18.2 Å². The second kappa shape index (κ2) is 5.40. The molecule has 0 aromatic heterocycles. The molecule has 0 aliphatic carbocycles. The Hall–Kier alpha value is -1.63. The predicted octanol–water partition coefficient (Wildman–Crippen LogP) is 3.14. The fraction of sp³-hybridized carbons (Fsp3) is 0.462. The first kappa shape index (κ1) is 16.4. The van der Waals surface area contributed by atoms with E-state index in [-0.39, 0.29) is 5.56 Å². The smallest absolute Gasteiger partial charge is 0.416 e. The quantitative estimate of drug-likeness (QED) is 0.838. The summed E-state index contributed by atoms with van der Waals surface area (Å²) in [5, 5.41) is 8.85. The van der Waals surface area contributed by atoms with E-state index in [1.54, 1.807) is 0 Å². The molecule has 0 fully saturated rings. The normalized spacial score (nSPS) is 14.2. The molecule has 1 aromatic carbocycles. The molecule has 1 aromatic rings. The standard InChI is InChI=1S/C13H15F4NO2/c1-12(2,18)9(6-11(19)20)8-4-3-7(14)5-10(8)13(15,16)17/h3-5,9H,6,18H2,1-2H3,(H,19,20). The summed E-state index contributed by atoms with van der Waals surface area (Å²) in [4.78, 5) is 10.8. The highest BCUT2D eigenvalue weighted by molar-refractivity contribution is 5.68. The first-order chi connectivity index (χ1) is 8.93. The molecule has 0 heterocycles. The minimum absolute atomic E-state index is 0.311. The summed E-state index contributed by atoms with van der Waals surface area (Å²) in [6, 6.07) is 2.17. The summed E-state index contributed by atoms with van der Waals surface area (Å²) in [6.45, 7) is 2.87. The Kier molecular flexibility index (Phi) is 4.43. The summed E-state index contributed by atoms with van der Waals surface area (Å²) in [5.74, 6) is -3.40. The zero-order valence-electron chi connectivity index (χ0n) is 11.0. The molecule has 1 unspecified atom stereocenters. The summed E-state index contributed by atoms with van der Waals surface area (Å²) >= 11 is 0. The molecule has 20 heavy (non-hydrogen) atoms. The number of carboxylic acids is 1. The van der Waals surface area contributed by atoms with E-state index >= 15 is 0 Å². The van der Waals surface area contributed by atoms with Crippen LogP contribution in [0.4, 0.5) is 17.6 Å². The lowest BCUT2D eigenvalue weighted by Crippen LogP contribution is -2.41. The van der Waals surface area contributed by atoms with Gasteiger partial charge in [0.1, 0.15) is 5.82 Å². The third kappa shape index (κ3) is 3.93. The molecule has 0 aliphatic rings. The van der Waals surface area contributed by atoms with Gasteiger partial charge in [0, 0.05) is 11.5 Å². The highest BCUT2D eigenvalue weighted by atomic mass is 19.4. The Morgan fingerprint density at radius 1 is 1.35 bits per heavy atom. The summed E-state index contributed by atoms with van der Waals surface area (Å²) < 4.78 is 51.9. The van der Waals surface area contributed by atoms with Crippen molar-refractivity contribution in [3.05, 3.63) is 35.1 Å². The highest BCUT2D eigenvalue weighted by Gasteiger charge is 2.39. The number of hydrogen-bond acceptors (Lipinski definition) is 2. The van der Waals surface area contributed by atoms with Crippen molar-refractivity contribution < 1.29 is 27.5 Å². The molecule has 0 saturated carbocycles. The van der Waals surface area contributed by atoms with Gasteiger partial charge < -0.3 is 10.8 Å². The van der Waals surface area contributed by atoms with Crippen molar-refractivity contribution in [2.24, 2.45) is 5.73 Å². The average molecular weight is 293 g/mol. The maximum atomic E-state index is 13.1. The van der Waals surface area contributed by atoms with Crippen molar-refractivity contribution in [3.63, 3.8) is 0 Å². The first-order valence-corrected chi connectivity index (χ1v) is 5.80. The van der Waals surface area contributed by atoms with Gasteiger partial charge in [-0.15, -0.1) is 0 Å². The molecule has 7 heteroatoms. The number of nitrogens with two attached hydrogens (primary N) is 1. The van der Waals surface area contributed by atoms with Gasteiger partial charge in [-0.3, -0.25) is 4.79 Å². The van der Waals surface area contributed by atoms with Gasteiger partial charge >= 0.3 is 12.1 Å². The molecular weight excluding hydrogens is 278 g/mol. The van der Waals surface area contributed by atoms with Crippen molar-refractivity contribution in [3.8, 4) is 0 Å². The SMILES string of the molecule is CC(C)(N)C(CC(=O)O)c1ccc(F)cc1C(F)(F)F. The molecule has 0 saturated heterocycles. The third-order valence-corrected chi connectivity index (χ3v) is 2.97. The van der Waals surface area contributed by atoms with Crippen LogP contribution in [0.1, 0.15) is 37.3 Å². The maximum absolute atomic E-state index is 13.1. The number of alkyl halides is 3. The van der Waals surface area contributed by atoms with Crippen LogP contribution in [-0.4, -0.2) is 16.6 Å². The van der Waals surface area contributed by atoms with Crippen LogP contribution in [0, 0.1) is 5.82 Å². The molecule has 0 amide bonds. The Labute approximate surface area is 113 Å². The minimum atomic E-state index is -4.78. The first-order valence-electron chi connectivity index (χ1n) is 5.80. The molecule has 3 N–H and O–H groups in total. The van der Waals surface area contributed by atoms with Crippen LogP contribution >= 0.6 is 0 Å². The van der Waals surface area contributed by atoms with Crippen molar-refractivity contribution in [1.29, 1.82) is 0 Å². The molecule has 3 nitrogen and oxygen atoms in total. The summed E-state index contributed by atoms with van der Waals surface area (Å²) in [6.07, 6.45) is -5.35. The number of hydrogen-bond donors (Lipinski definition) is 2. The molecule has 112 valence electrons. The van der Waals surface area contributed by atoms with E-state index in [2.05, 4.69) is 0 Å². The topological polar surface area (TPSA) is 63.3 Å². The molecule has 0 radical (unpaired) electrons. The maximum Gasteiger partial charge on any atom is 0.416 e. The largest absolute Gasteiger partial charge is 0.481 e. The number of aliphatic carboxylic acids is 1. The highest BCUT2D eigenvalue weighted by Crippen LogP contribution is 2.39. The second-order valence-corrected chi connectivity index (χ2v) is 5.20. The van der Waals surface area contributed by atoms with Gasteiger partial charge in [0.05, 0.1) is 12.0 Å². The van der Waals surface area contributed by atoms with E-state index < -0.39 is 41.4 Å². The van der Waals surface area contributed by atoms with Gasteiger partial charge in [-0.25, -0.2) is 4.39 Å². The van der Waals surface area contributed by atoms with E-state index in [4.69, 9.17) is 10.8 Å². The second-order valence-electron chi connectivity index (χ2n) is 5.20. The zero-order chi connectivity index (χ0) is 15.7. The van der Waals surface area contributed by atoms with Crippen molar-refractivity contribution in [2.45, 2.75) is 37.9 Å². The predicted molar refractivity (Wildman–Crippen MR) is 64.7 cm³/mol. The van der Waals surface area contributed by atoms with Gasteiger partial charge in [0.25, 0.3) is 0 Å². The van der Waals surface area contributed by atoms with Gasteiger partial charge in [-0.2, -0.15) is 13.2 Å². The monoisotopic (exact) mass is 293 g/mol. The Morgan fingerprint density at radius 2 is 1.90 bits per heavy atom. The summed E-state index contributed by atoms with van der Waals surface area (Å²) in [7, 11) is 0. The van der Waals surface area contributed by atoms with Crippen LogP contribution in [0.25, 0.3) is 0 Å². The van der Waals surface area contributed by atoms with Gasteiger partial charge in [0.15, 0.2) is 0 Å². The van der Waals surface area contributed by atoms with E-state index in [9.17, 15) is 22.4 Å². The number of benzene rings is 1. The number of rotatable bonds is 4. The summed E-state index contributed by atoms with van der Waals surface area (Å²) in [5.41, 5.74) is 3.08. The van der Waals surface area contributed by atoms with Crippen molar-refractivity contribution in [2.75, 3.05) is 0 Å². The lowest BCUT2D eigenvalue weighted by Gasteiger charge is -2.31. The molecular formula is C13H15F4NO2. The van der Waals surface area contributed by atoms with Crippen LogP contribution in [-0.2, 0) is 11.0 Å². The van der Waals surface area contributed by atoms with Crippen LogP contribution in [0.3, 0.4) is 0 Å².